The number of thiophene rings is 1. The van der Waals surface area contributed by atoms with Crippen LogP contribution in [0.4, 0.5) is 5.82 Å². The summed E-state index contributed by atoms with van der Waals surface area (Å²) in [7, 11) is 0. The molecule has 0 bridgehead atoms. The highest BCUT2D eigenvalue weighted by Gasteiger charge is 2.32. The van der Waals surface area contributed by atoms with Crippen LogP contribution >= 0.6 is 11.3 Å². The van der Waals surface area contributed by atoms with Crippen LogP contribution in [-0.4, -0.2) is 79.1 Å². The molecule has 7 nitrogen and oxygen atoms in total. The Morgan fingerprint density at radius 1 is 1.03 bits per heavy atom. The van der Waals surface area contributed by atoms with Crippen LogP contribution in [0.5, 0.6) is 0 Å². The third kappa shape index (κ3) is 4.32. The lowest BCUT2D eigenvalue weighted by atomic mass is 9.87. The van der Waals surface area contributed by atoms with Gasteiger partial charge >= 0.3 is 0 Å². The lowest BCUT2D eigenvalue weighted by Crippen LogP contribution is -2.51. The Morgan fingerprint density at radius 2 is 1.84 bits per heavy atom. The Morgan fingerprint density at radius 3 is 2.58 bits per heavy atom. The van der Waals surface area contributed by atoms with Crippen LogP contribution in [0.3, 0.4) is 0 Å². The quantitative estimate of drug-likeness (QED) is 0.731. The third-order valence-corrected chi connectivity index (χ3v) is 7.73. The van der Waals surface area contributed by atoms with Gasteiger partial charge in [0.1, 0.15) is 5.82 Å². The predicted molar refractivity (Wildman–Crippen MR) is 120 cm³/mol. The van der Waals surface area contributed by atoms with Gasteiger partial charge < -0.3 is 19.4 Å². The summed E-state index contributed by atoms with van der Waals surface area (Å²) in [4.78, 5) is 38.7. The molecule has 2 saturated heterocycles. The maximum Gasteiger partial charge on any atom is 0.264 e. The number of piperazine rings is 1. The van der Waals surface area contributed by atoms with Crippen molar-refractivity contribution in [2.75, 3.05) is 57.4 Å². The van der Waals surface area contributed by atoms with E-state index in [0.29, 0.717) is 26.3 Å². The van der Waals surface area contributed by atoms with E-state index in [1.54, 1.807) is 11.3 Å². The largest absolute Gasteiger partial charge is 0.378 e. The summed E-state index contributed by atoms with van der Waals surface area (Å²) in [6.07, 6.45) is 4.32. The normalized spacial score (nSPS) is 21.7. The first-order chi connectivity index (χ1) is 15.2. The Hall–Kier alpha value is -2.45. The van der Waals surface area contributed by atoms with E-state index in [1.165, 1.54) is 10.4 Å². The molecule has 2 aromatic heterocycles. The predicted octanol–water partition coefficient (Wildman–Crippen LogP) is 2.07. The minimum atomic E-state index is 0.0230. The zero-order valence-corrected chi connectivity index (χ0v) is 18.5. The second-order valence-corrected chi connectivity index (χ2v) is 9.54. The van der Waals surface area contributed by atoms with E-state index in [1.807, 2.05) is 40.3 Å². The van der Waals surface area contributed by atoms with Crippen LogP contribution in [0.25, 0.3) is 0 Å². The van der Waals surface area contributed by atoms with Gasteiger partial charge in [0.05, 0.1) is 18.1 Å². The molecule has 8 heteroatoms. The number of aromatic nitrogens is 1. The zero-order valence-electron chi connectivity index (χ0n) is 17.7. The summed E-state index contributed by atoms with van der Waals surface area (Å²) in [5.74, 6) is 1.37. The Kier molecular flexibility index (Phi) is 5.91. The number of fused-ring (bicyclic) bond motifs is 1. The molecule has 5 rings (SSSR count). The molecule has 1 unspecified atom stereocenters. The van der Waals surface area contributed by atoms with Crippen molar-refractivity contribution in [3.63, 3.8) is 0 Å². The van der Waals surface area contributed by atoms with Crippen molar-refractivity contribution in [1.82, 2.24) is 14.8 Å². The molecule has 0 aromatic carbocycles. The number of hydrogen-bond acceptors (Lipinski definition) is 6. The second kappa shape index (κ2) is 8.96. The number of carbonyl (C=O) groups is 2. The molecule has 0 spiro atoms. The number of anilines is 1. The van der Waals surface area contributed by atoms with Gasteiger partial charge in [-0.05, 0) is 43.0 Å². The average molecular weight is 441 g/mol. The first kappa shape index (κ1) is 20.5. The molecule has 2 aliphatic heterocycles. The van der Waals surface area contributed by atoms with Crippen molar-refractivity contribution in [3.8, 4) is 0 Å². The molecule has 0 N–H and O–H groups in total. The third-order valence-electron chi connectivity index (χ3n) is 6.51. The van der Waals surface area contributed by atoms with Crippen LogP contribution < -0.4 is 4.90 Å². The lowest BCUT2D eigenvalue weighted by molar-refractivity contribution is -0.136. The second-order valence-electron chi connectivity index (χ2n) is 8.40. The number of amides is 2. The summed E-state index contributed by atoms with van der Waals surface area (Å²) < 4.78 is 5.36. The topological polar surface area (TPSA) is 66.0 Å². The van der Waals surface area contributed by atoms with E-state index >= 15 is 0 Å². The van der Waals surface area contributed by atoms with Gasteiger partial charge in [-0.3, -0.25) is 9.59 Å². The van der Waals surface area contributed by atoms with Crippen molar-refractivity contribution >= 4 is 29.0 Å². The number of aryl methyl sites for hydroxylation is 1. The average Bonchev–Trinajstić information content (AvgIpc) is 3.28. The molecule has 3 aliphatic rings. The molecule has 2 fully saturated rings. The Labute approximate surface area is 186 Å². The van der Waals surface area contributed by atoms with E-state index in [-0.39, 0.29) is 17.7 Å². The number of ether oxygens (including phenoxy) is 1. The van der Waals surface area contributed by atoms with Crippen molar-refractivity contribution < 1.29 is 14.3 Å². The molecule has 4 heterocycles. The van der Waals surface area contributed by atoms with Gasteiger partial charge in [-0.25, -0.2) is 4.98 Å². The zero-order chi connectivity index (χ0) is 21.2. The highest BCUT2D eigenvalue weighted by atomic mass is 32.1. The fourth-order valence-electron chi connectivity index (χ4n) is 4.72. The van der Waals surface area contributed by atoms with Crippen LogP contribution in [0, 0.1) is 5.92 Å². The summed E-state index contributed by atoms with van der Waals surface area (Å²) in [6.45, 7) is 5.66. The van der Waals surface area contributed by atoms with Gasteiger partial charge in [0.2, 0.25) is 5.91 Å². The molecule has 1 atom stereocenters. The van der Waals surface area contributed by atoms with Gasteiger partial charge in [-0.15, -0.1) is 11.3 Å². The number of nitrogens with zero attached hydrogens (tertiary/aromatic N) is 4. The summed E-state index contributed by atoms with van der Waals surface area (Å²) >= 11 is 1.61. The van der Waals surface area contributed by atoms with Crippen LogP contribution in [0.1, 0.15) is 26.5 Å². The Balaban J connectivity index is 1.19. The van der Waals surface area contributed by atoms with E-state index in [0.717, 1.165) is 56.1 Å². The summed E-state index contributed by atoms with van der Waals surface area (Å²) in [5.41, 5.74) is 1.19. The lowest BCUT2D eigenvalue weighted by Gasteiger charge is -2.37. The van der Waals surface area contributed by atoms with E-state index in [4.69, 9.17) is 4.74 Å². The number of morpholine rings is 1. The fourth-order valence-corrected chi connectivity index (χ4v) is 5.89. The highest BCUT2D eigenvalue weighted by molar-refractivity contribution is 7.14. The molecule has 31 heavy (non-hydrogen) atoms. The molecular weight excluding hydrogens is 412 g/mol. The highest BCUT2D eigenvalue weighted by Crippen LogP contribution is 2.34. The number of hydrogen-bond donors (Lipinski definition) is 0. The van der Waals surface area contributed by atoms with Crippen molar-refractivity contribution in [1.29, 1.82) is 0 Å². The molecule has 2 amide bonds. The maximum atomic E-state index is 13.2. The number of pyridine rings is 1. The molecule has 1 aliphatic carbocycles. The van der Waals surface area contributed by atoms with Crippen LogP contribution in [-0.2, 0) is 22.4 Å². The summed E-state index contributed by atoms with van der Waals surface area (Å²) in [5, 5.41) is 0. The van der Waals surface area contributed by atoms with Gasteiger partial charge in [0.15, 0.2) is 0 Å². The molecule has 164 valence electrons. The first-order valence-electron chi connectivity index (χ1n) is 11.1. The van der Waals surface area contributed by atoms with E-state index in [2.05, 4.69) is 9.88 Å². The Bertz CT molecular complexity index is 934. The van der Waals surface area contributed by atoms with E-state index < -0.39 is 0 Å². The SMILES string of the molecule is O=C(c1cc2c(s1)CCC(C(=O)N1CCN(c3ccccn3)CC1)C2)N1CCOCC1. The molecule has 0 saturated carbocycles. The van der Waals surface area contributed by atoms with Crippen molar-refractivity contribution in [2.45, 2.75) is 19.3 Å². The minimum Gasteiger partial charge on any atom is -0.378 e. The molecule has 2 aromatic rings. The molecule has 0 radical (unpaired) electrons. The monoisotopic (exact) mass is 440 g/mol. The number of carbonyl (C=O) groups excluding carboxylic acids is 2. The van der Waals surface area contributed by atoms with Gasteiger partial charge in [0.25, 0.3) is 5.91 Å². The van der Waals surface area contributed by atoms with Gasteiger partial charge in [0, 0.05) is 56.3 Å². The molecular formula is C23H28N4O3S. The maximum absolute atomic E-state index is 13.2. The number of rotatable bonds is 3. The van der Waals surface area contributed by atoms with Crippen molar-refractivity contribution in [2.24, 2.45) is 5.92 Å². The van der Waals surface area contributed by atoms with Crippen LogP contribution in [0.15, 0.2) is 30.5 Å². The standard InChI is InChI=1S/C23H28N4O3S/c28-22(26-9-7-25(8-10-26)21-3-1-2-6-24-21)17-4-5-19-18(15-17)16-20(31-19)23(29)27-11-13-30-14-12-27/h1-3,6,16-17H,4-5,7-15H2. The minimum absolute atomic E-state index is 0.0230. The first-order valence-corrected chi connectivity index (χ1v) is 11.9. The smallest absolute Gasteiger partial charge is 0.264 e. The van der Waals surface area contributed by atoms with Gasteiger partial charge in [-0.1, -0.05) is 6.07 Å². The van der Waals surface area contributed by atoms with Crippen LogP contribution in [0.2, 0.25) is 0 Å². The fraction of sp³-hybridized carbons (Fsp3) is 0.522. The summed E-state index contributed by atoms with van der Waals surface area (Å²) in [6, 6.07) is 7.98. The van der Waals surface area contributed by atoms with E-state index in [9.17, 15) is 9.59 Å². The van der Waals surface area contributed by atoms with Gasteiger partial charge in [-0.2, -0.15) is 0 Å². The van der Waals surface area contributed by atoms with Crippen molar-refractivity contribution in [3.05, 3.63) is 45.8 Å².